The van der Waals surface area contributed by atoms with E-state index in [1.807, 2.05) is 19.3 Å². The van der Waals surface area contributed by atoms with Gasteiger partial charge in [0.2, 0.25) is 0 Å². The molecule has 0 saturated heterocycles. The third kappa shape index (κ3) is 5.87. The number of aromatic nitrogens is 2. The molecular weight excluding hydrogens is 210 g/mol. The lowest BCUT2D eigenvalue weighted by Gasteiger charge is -2.15. The fraction of sp³-hybridized carbons (Fsp3) is 0.786. The zero-order chi connectivity index (χ0) is 12.7. The van der Waals surface area contributed by atoms with Crippen LogP contribution in [-0.2, 0) is 6.54 Å². The quantitative estimate of drug-likeness (QED) is 0.753. The van der Waals surface area contributed by atoms with Crippen molar-refractivity contribution in [3.05, 3.63) is 18.2 Å². The fourth-order valence-electron chi connectivity index (χ4n) is 2.01. The molecule has 1 heterocycles. The number of aryl methyl sites for hydroxylation is 1. The predicted molar refractivity (Wildman–Crippen MR) is 73.1 cm³/mol. The van der Waals surface area contributed by atoms with Crippen LogP contribution in [-0.4, -0.2) is 22.1 Å². The Morgan fingerprint density at radius 2 is 2.06 bits per heavy atom. The van der Waals surface area contributed by atoms with E-state index < -0.39 is 0 Å². The van der Waals surface area contributed by atoms with Crippen LogP contribution < -0.4 is 5.32 Å². The Morgan fingerprint density at radius 3 is 2.65 bits per heavy atom. The minimum atomic E-state index is 0.623. The molecule has 0 saturated carbocycles. The minimum Gasteiger partial charge on any atom is -0.334 e. The standard InChI is InChI=1S/C14H27N3/c1-12(2)6-5-7-13(3)15-8-10-17-11-9-16-14(17)4/h9,11-13,15H,5-8,10H2,1-4H3. The first-order valence-corrected chi connectivity index (χ1v) is 6.80. The third-order valence-corrected chi connectivity index (χ3v) is 3.19. The number of nitrogens with one attached hydrogen (secondary N) is 1. The summed E-state index contributed by atoms with van der Waals surface area (Å²) in [5.74, 6) is 1.93. The average Bonchev–Trinajstić information content (AvgIpc) is 2.64. The van der Waals surface area contributed by atoms with E-state index in [-0.39, 0.29) is 0 Å². The molecule has 1 rings (SSSR count). The molecule has 0 aliphatic heterocycles. The highest BCUT2D eigenvalue weighted by Crippen LogP contribution is 2.08. The molecule has 98 valence electrons. The maximum absolute atomic E-state index is 4.22. The van der Waals surface area contributed by atoms with Crippen LogP contribution in [0.3, 0.4) is 0 Å². The van der Waals surface area contributed by atoms with Crippen molar-refractivity contribution in [2.75, 3.05) is 6.54 Å². The topological polar surface area (TPSA) is 29.9 Å². The van der Waals surface area contributed by atoms with Gasteiger partial charge < -0.3 is 9.88 Å². The van der Waals surface area contributed by atoms with Gasteiger partial charge in [-0.25, -0.2) is 4.98 Å². The van der Waals surface area contributed by atoms with Crippen LogP contribution in [0, 0.1) is 12.8 Å². The first-order valence-electron chi connectivity index (χ1n) is 6.80. The highest BCUT2D eigenvalue weighted by atomic mass is 15.1. The Balaban J connectivity index is 2.08. The van der Waals surface area contributed by atoms with Crippen molar-refractivity contribution in [1.82, 2.24) is 14.9 Å². The molecule has 0 amide bonds. The molecule has 0 bridgehead atoms. The lowest BCUT2D eigenvalue weighted by atomic mass is 10.0. The summed E-state index contributed by atoms with van der Waals surface area (Å²) in [5.41, 5.74) is 0. The normalized spacial score (nSPS) is 13.2. The first-order chi connectivity index (χ1) is 8.09. The van der Waals surface area contributed by atoms with Gasteiger partial charge in [0.15, 0.2) is 0 Å². The van der Waals surface area contributed by atoms with Crippen molar-refractivity contribution in [2.24, 2.45) is 5.92 Å². The molecule has 0 fully saturated rings. The van der Waals surface area contributed by atoms with E-state index in [1.165, 1.54) is 19.3 Å². The number of hydrogen-bond donors (Lipinski definition) is 1. The van der Waals surface area contributed by atoms with Crippen LogP contribution in [0.5, 0.6) is 0 Å². The highest BCUT2D eigenvalue weighted by molar-refractivity contribution is 4.88. The average molecular weight is 237 g/mol. The van der Waals surface area contributed by atoms with Gasteiger partial charge in [-0.05, 0) is 26.2 Å². The lowest BCUT2D eigenvalue weighted by Crippen LogP contribution is -2.29. The van der Waals surface area contributed by atoms with Crippen molar-refractivity contribution in [1.29, 1.82) is 0 Å². The monoisotopic (exact) mass is 237 g/mol. The molecule has 1 unspecified atom stereocenters. The first kappa shape index (κ1) is 14.2. The molecular formula is C14H27N3. The van der Waals surface area contributed by atoms with Crippen LogP contribution in [0.4, 0.5) is 0 Å². The Labute approximate surface area is 106 Å². The van der Waals surface area contributed by atoms with E-state index in [2.05, 4.69) is 35.6 Å². The molecule has 0 aliphatic carbocycles. The van der Waals surface area contributed by atoms with E-state index in [4.69, 9.17) is 0 Å². The molecule has 0 aromatic carbocycles. The second-order valence-electron chi connectivity index (χ2n) is 5.35. The molecule has 1 aromatic heterocycles. The van der Waals surface area contributed by atoms with Crippen LogP contribution in [0.1, 0.15) is 45.9 Å². The molecule has 3 nitrogen and oxygen atoms in total. The largest absolute Gasteiger partial charge is 0.334 e. The molecule has 1 N–H and O–H groups in total. The summed E-state index contributed by atoms with van der Waals surface area (Å²) in [6.45, 7) is 11.0. The summed E-state index contributed by atoms with van der Waals surface area (Å²) < 4.78 is 2.19. The predicted octanol–water partition coefficient (Wildman–Crippen LogP) is 3.00. The second-order valence-corrected chi connectivity index (χ2v) is 5.35. The van der Waals surface area contributed by atoms with Crippen LogP contribution in [0.25, 0.3) is 0 Å². The Morgan fingerprint density at radius 1 is 1.29 bits per heavy atom. The van der Waals surface area contributed by atoms with Crippen molar-refractivity contribution in [3.8, 4) is 0 Å². The van der Waals surface area contributed by atoms with E-state index in [9.17, 15) is 0 Å². The molecule has 0 aliphatic rings. The third-order valence-electron chi connectivity index (χ3n) is 3.19. The van der Waals surface area contributed by atoms with Gasteiger partial charge in [0.25, 0.3) is 0 Å². The summed E-state index contributed by atoms with van der Waals surface area (Å²) in [5, 5.41) is 3.57. The zero-order valence-electron chi connectivity index (χ0n) is 11.7. The van der Waals surface area contributed by atoms with Crippen LogP contribution >= 0.6 is 0 Å². The second kappa shape index (κ2) is 7.49. The highest BCUT2D eigenvalue weighted by Gasteiger charge is 2.02. The number of nitrogens with zero attached hydrogens (tertiary/aromatic N) is 2. The van der Waals surface area contributed by atoms with Gasteiger partial charge in [-0.3, -0.25) is 0 Å². The molecule has 1 atom stereocenters. The summed E-state index contributed by atoms with van der Waals surface area (Å²) in [7, 11) is 0. The van der Waals surface area contributed by atoms with Crippen molar-refractivity contribution in [3.63, 3.8) is 0 Å². The Kier molecular flexibility index (Phi) is 6.27. The van der Waals surface area contributed by atoms with E-state index in [0.717, 1.165) is 24.8 Å². The fourth-order valence-corrected chi connectivity index (χ4v) is 2.01. The minimum absolute atomic E-state index is 0.623. The van der Waals surface area contributed by atoms with E-state index >= 15 is 0 Å². The Hall–Kier alpha value is -0.830. The summed E-state index contributed by atoms with van der Waals surface area (Å²) >= 11 is 0. The molecule has 1 aromatic rings. The maximum Gasteiger partial charge on any atom is 0.105 e. The molecule has 17 heavy (non-hydrogen) atoms. The van der Waals surface area contributed by atoms with Crippen LogP contribution in [0.2, 0.25) is 0 Å². The van der Waals surface area contributed by atoms with Gasteiger partial charge in [-0.15, -0.1) is 0 Å². The van der Waals surface area contributed by atoms with E-state index in [1.54, 1.807) is 0 Å². The number of imidazole rings is 1. The summed E-state index contributed by atoms with van der Waals surface area (Å²) in [4.78, 5) is 4.22. The summed E-state index contributed by atoms with van der Waals surface area (Å²) in [6.07, 6.45) is 7.85. The van der Waals surface area contributed by atoms with Gasteiger partial charge >= 0.3 is 0 Å². The van der Waals surface area contributed by atoms with Gasteiger partial charge in [0, 0.05) is 31.5 Å². The molecule has 0 radical (unpaired) electrons. The SMILES string of the molecule is Cc1nccn1CCNC(C)CCCC(C)C. The van der Waals surface area contributed by atoms with Crippen molar-refractivity contribution < 1.29 is 0 Å². The molecule has 3 heteroatoms. The summed E-state index contributed by atoms with van der Waals surface area (Å²) in [6, 6.07) is 0.623. The van der Waals surface area contributed by atoms with E-state index in [0.29, 0.717) is 6.04 Å². The number of rotatable bonds is 8. The number of hydrogen-bond acceptors (Lipinski definition) is 2. The van der Waals surface area contributed by atoms with Crippen molar-refractivity contribution in [2.45, 2.75) is 59.5 Å². The lowest BCUT2D eigenvalue weighted by molar-refractivity contribution is 0.446. The zero-order valence-corrected chi connectivity index (χ0v) is 11.7. The maximum atomic E-state index is 4.22. The van der Waals surface area contributed by atoms with Gasteiger partial charge in [0.05, 0.1) is 0 Å². The van der Waals surface area contributed by atoms with Crippen molar-refractivity contribution >= 4 is 0 Å². The van der Waals surface area contributed by atoms with Gasteiger partial charge in [-0.2, -0.15) is 0 Å². The van der Waals surface area contributed by atoms with Gasteiger partial charge in [-0.1, -0.05) is 26.7 Å². The molecule has 0 spiro atoms. The van der Waals surface area contributed by atoms with Crippen LogP contribution in [0.15, 0.2) is 12.4 Å². The smallest absolute Gasteiger partial charge is 0.105 e. The van der Waals surface area contributed by atoms with Gasteiger partial charge in [0.1, 0.15) is 5.82 Å². The Bertz CT molecular complexity index is 304.